The maximum Gasteiger partial charge on any atom is 0.144 e. The molecule has 0 bridgehead atoms. The predicted octanol–water partition coefficient (Wildman–Crippen LogP) is 4.17. The highest BCUT2D eigenvalue weighted by molar-refractivity contribution is 5.88. The Morgan fingerprint density at radius 2 is 1.94 bits per heavy atom. The number of fused-ring (bicyclic) bond motifs is 1. The van der Waals surface area contributed by atoms with Gasteiger partial charge in [-0.1, -0.05) is 31.4 Å². The van der Waals surface area contributed by atoms with Crippen molar-refractivity contribution in [3.63, 3.8) is 0 Å². The lowest BCUT2D eigenvalue weighted by Crippen LogP contribution is -2.04. The molecule has 1 aromatic carbocycles. The van der Waals surface area contributed by atoms with Crippen LogP contribution in [0.2, 0.25) is 0 Å². The lowest BCUT2D eigenvalue weighted by atomic mass is 9.83. The van der Waals surface area contributed by atoms with Gasteiger partial charge >= 0.3 is 0 Å². The van der Waals surface area contributed by atoms with Gasteiger partial charge in [0.2, 0.25) is 0 Å². The van der Waals surface area contributed by atoms with Gasteiger partial charge in [-0.25, -0.2) is 0 Å². The molecule has 2 aromatic rings. The summed E-state index contributed by atoms with van der Waals surface area (Å²) in [6, 6.07) is 6.33. The van der Waals surface area contributed by atoms with Gasteiger partial charge in [-0.3, -0.25) is 4.98 Å². The molecule has 18 heavy (non-hydrogen) atoms. The first-order chi connectivity index (χ1) is 8.75. The van der Waals surface area contributed by atoms with Crippen LogP contribution in [0, 0.1) is 6.92 Å². The maximum atomic E-state index is 9.93. The van der Waals surface area contributed by atoms with Crippen LogP contribution in [0.1, 0.15) is 49.3 Å². The Balaban J connectivity index is 2.03. The molecular formula is C16H18NO. The van der Waals surface area contributed by atoms with Crippen molar-refractivity contribution in [3.05, 3.63) is 42.6 Å². The zero-order valence-corrected chi connectivity index (χ0v) is 10.5. The Labute approximate surface area is 108 Å². The van der Waals surface area contributed by atoms with Crippen molar-refractivity contribution in [2.24, 2.45) is 0 Å². The number of hydrogen-bond acceptors (Lipinski definition) is 2. The molecule has 3 rings (SSSR count). The lowest BCUT2D eigenvalue weighted by Gasteiger charge is -2.22. The Kier molecular flexibility index (Phi) is 2.94. The first-order valence-electron chi connectivity index (χ1n) is 6.69. The fourth-order valence-electron chi connectivity index (χ4n) is 2.96. The van der Waals surface area contributed by atoms with E-state index in [1.165, 1.54) is 37.7 Å². The fourth-order valence-corrected chi connectivity index (χ4v) is 2.96. The van der Waals surface area contributed by atoms with Gasteiger partial charge in [-0.2, -0.15) is 0 Å². The summed E-state index contributed by atoms with van der Waals surface area (Å²) >= 11 is 0. The molecule has 93 valence electrons. The van der Waals surface area contributed by atoms with E-state index < -0.39 is 0 Å². The molecule has 1 saturated carbocycles. The van der Waals surface area contributed by atoms with Crippen LogP contribution in [0.4, 0.5) is 0 Å². The van der Waals surface area contributed by atoms with Gasteiger partial charge in [-0.15, -0.1) is 0 Å². The molecule has 1 N–H and O–H groups in total. The number of rotatable bonds is 1. The summed E-state index contributed by atoms with van der Waals surface area (Å²) in [5.41, 5.74) is 1.84. The topological polar surface area (TPSA) is 33.1 Å². The molecule has 0 atom stereocenters. The molecule has 2 nitrogen and oxygen atoms in total. The standard InChI is InChI=1S/C16H18NO/c1-11-16(18)15-8-7-13(9-14(15)10-17-11)12-5-3-2-4-6-12/h7-10,12,18H,1-6H2. The lowest BCUT2D eigenvalue weighted by molar-refractivity contribution is 0.444. The predicted molar refractivity (Wildman–Crippen MR) is 73.7 cm³/mol. The second kappa shape index (κ2) is 4.60. The van der Waals surface area contributed by atoms with Crippen LogP contribution in [-0.4, -0.2) is 10.1 Å². The molecule has 1 heterocycles. The van der Waals surface area contributed by atoms with Gasteiger partial charge < -0.3 is 5.11 Å². The van der Waals surface area contributed by atoms with Crippen molar-refractivity contribution >= 4 is 10.8 Å². The molecule has 1 aliphatic rings. The SMILES string of the molecule is [CH2]c1ncc2cc(C3CCCCC3)ccc2c1O. The van der Waals surface area contributed by atoms with Crippen molar-refractivity contribution in [2.75, 3.05) is 0 Å². The third kappa shape index (κ3) is 1.96. The highest BCUT2D eigenvalue weighted by Crippen LogP contribution is 2.35. The van der Waals surface area contributed by atoms with Crippen molar-refractivity contribution in [3.8, 4) is 5.75 Å². The van der Waals surface area contributed by atoms with Crippen molar-refractivity contribution in [1.29, 1.82) is 0 Å². The van der Waals surface area contributed by atoms with Crippen LogP contribution in [0.15, 0.2) is 24.4 Å². The average Bonchev–Trinajstić information content (AvgIpc) is 2.44. The number of pyridine rings is 1. The van der Waals surface area contributed by atoms with E-state index in [4.69, 9.17) is 0 Å². The number of hydrogen-bond donors (Lipinski definition) is 1. The van der Waals surface area contributed by atoms with Gasteiger partial charge in [0.25, 0.3) is 0 Å². The molecule has 0 aliphatic heterocycles. The quantitative estimate of drug-likeness (QED) is 0.811. The average molecular weight is 240 g/mol. The molecular weight excluding hydrogens is 222 g/mol. The summed E-state index contributed by atoms with van der Waals surface area (Å²) in [6.45, 7) is 3.72. The van der Waals surface area contributed by atoms with E-state index in [0.29, 0.717) is 11.6 Å². The first kappa shape index (κ1) is 11.5. The molecule has 1 radical (unpaired) electrons. The largest absolute Gasteiger partial charge is 0.505 e. The van der Waals surface area contributed by atoms with Crippen molar-refractivity contribution < 1.29 is 5.11 Å². The second-order valence-corrected chi connectivity index (χ2v) is 5.24. The van der Waals surface area contributed by atoms with Crippen molar-refractivity contribution in [1.82, 2.24) is 4.98 Å². The molecule has 1 aliphatic carbocycles. The van der Waals surface area contributed by atoms with Crippen LogP contribution >= 0.6 is 0 Å². The molecule has 1 fully saturated rings. The van der Waals surface area contributed by atoms with Crippen LogP contribution in [-0.2, 0) is 0 Å². The third-order valence-electron chi connectivity index (χ3n) is 4.04. The minimum Gasteiger partial charge on any atom is -0.505 e. The summed E-state index contributed by atoms with van der Waals surface area (Å²) < 4.78 is 0. The second-order valence-electron chi connectivity index (χ2n) is 5.24. The summed E-state index contributed by atoms with van der Waals surface area (Å²) in [7, 11) is 0. The highest BCUT2D eigenvalue weighted by Gasteiger charge is 2.16. The maximum absolute atomic E-state index is 9.93. The van der Waals surface area contributed by atoms with Gasteiger partial charge in [0.1, 0.15) is 5.75 Å². The summed E-state index contributed by atoms with van der Waals surface area (Å²) in [5.74, 6) is 0.896. The Morgan fingerprint density at radius 3 is 2.72 bits per heavy atom. The highest BCUT2D eigenvalue weighted by atomic mass is 16.3. The summed E-state index contributed by atoms with van der Waals surface area (Å²) in [5, 5.41) is 11.8. The number of benzene rings is 1. The Hall–Kier alpha value is -1.57. The Bertz CT molecular complexity index is 571. The third-order valence-corrected chi connectivity index (χ3v) is 4.04. The van der Waals surface area contributed by atoms with Gasteiger partial charge in [-0.05, 0) is 37.3 Å². The molecule has 0 spiro atoms. The van der Waals surface area contributed by atoms with Gasteiger partial charge in [0.05, 0.1) is 5.69 Å². The smallest absolute Gasteiger partial charge is 0.144 e. The molecule has 2 heteroatoms. The van der Waals surface area contributed by atoms with E-state index in [0.717, 1.165) is 10.8 Å². The van der Waals surface area contributed by atoms with E-state index in [2.05, 4.69) is 24.0 Å². The fraction of sp³-hybridized carbons (Fsp3) is 0.375. The number of nitrogens with zero attached hydrogens (tertiary/aromatic N) is 1. The summed E-state index contributed by atoms with van der Waals surface area (Å²) in [6.07, 6.45) is 8.44. The molecule has 1 aromatic heterocycles. The zero-order chi connectivity index (χ0) is 12.5. The zero-order valence-electron chi connectivity index (χ0n) is 10.5. The Morgan fingerprint density at radius 1 is 1.17 bits per heavy atom. The van der Waals surface area contributed by atoms with Gasteiger partial charge in [0, 0.05) is 17.0 Å². The van der Waals surface area contributed by atoms with Crippen LogP contribution in [0.3, 0.4) is 0 Å². The first-order valence-corrected chi connectivity index (χ1v) is 6.69. The van der Waals surface area contributed by atoms with Crippen LogP contribution in [0.5, 0.6) is 5.75 Å². The van der Waals surface area contributed by atoms with E-state index >= 15 is 0 Å². The van der Waals surface area contributed by atoms with E-state index in [9.17, 15) is 5.11 Å². The van der Waals surface area contributed by atoms with Crippen molar-refractivity contribution in [2.45, 2.75) is 38.0 Å². The van der Waals surface area contributed by atoms with E-state index in [1.54, 1.807) is 0 Å². The van der Waals surface area contributed by atoms with E-state index in [-0.39, 0.29) is 5.75 Å². The molecule has 0 unspecified atom stereocenters. The monoisotopic (exact) mass is 240 g/mol. The minimum absolute atomic E-state index is 0.211. The van der Waals surface area contributed by atoms with Gasteiger partial charge in [0.15, 0.2) is 0 Å². The van der Waals surface area contributed by atoms with E-state index in [1.807, 2.05) is 12.3 Å². The minimum atomic E-state index is 0.211. The normalized spacial score (nSPS) is 17.2. The number of aromatic nitrogens is 1. The number of aromatic hydroxyl groups is 1. The molecule has 0 amide bonds. The molecule has 0 saturated heterocycles. The van der Waals surface area contributed by atoms with Crippen LogP contribution < -0.4 is 0 Å². The summed E-state index contributed by atoms with van der Waals surface area (Å²) in [4.78, 5) is 4.13. The van der Waals surface area contributed by atoms with Crippen LogP contribution in [0.25, 0.3) is 10.8 Å².